The van der Waals surface area contributed by atoms with E-state index in [0.29, 0.717) is 0 Å². The van der Waals surface area contributed by atoms with Crippen LogP contribution >= 0.6 is 0 Å². The second kappa shape index (κ2) is 5.32. The van der Waals surface area contributed by atoms with Gasteiger partial charge in [0.25, 0.3) is 0 Å². The fourth-order valence-electron chi connectivity index (χ4n) is 3.70. The molecule has 0 amide bonds. The fraction of sp³-hybridized carbons (Fsp3) is 0. The van der Waals surface area contributed by atoms with Crippen LogP contribution in [-0.4, -0.2) is 19.4 Å². The maximum absolute atomic E-state index is 6.28. The van der Waals surface area contributed by atoms with Crippen LogP contribution in [0.25, 0.3) is 43.6 Å². The molecule has 0 N–H and O–H groups in total. The highest BCUT2D eigenvalue weighted by Crippen LogP contribution is 2.26. The molecule has 0 aliphatic carbocycles. The Morgan fingerprint density at radius 2 is 1.07 bits per heavy atom. The van der Waals surface area contributed by atoms with E-state index in [1.54, 1.807) is 9.46 Å². The molecule has 4 aromatic heterocycles. The molecule has 0 saturated heterocycles. The van der Waals surface area contributed by atoms with E-state index in [2.05, 4.69) is 22.1 Å². The molecule has 0 spiro atoms. The van der Waals surface area contributed by atoms with Crippen molar-refractivity contribution in [1.29, 1.82) is 0 Å². The number of nitrogens with zero attached hydrogens (tertiary/aromatic N) is 4. The van der Waals surface area contributed by atoms with Crippen LogP contribution in [0, 0.1) is 0 Å². The number of fused-ring (bicyclic) bond motifs is 6. The van der Waals surface area contributed by atoms with Crippen LogP contribution in [0.3, 0.4) is 0 Å². The van der Waals surface area contributed by atoms with E-state index in [4.69, 9.17) is 4.94 Å². The van der Waals surface area contributed by atoms with Crippen molar-refractivity contribution >= 4 is 43.6 Å². The predicted molar refractivity (Wildman–Crippen MR) is 106 cm³/mol. The number of para-hydroxylation sites is 2. The third-order valence-corrected chi connectivity index (χ3v) is 4.95. The van der Waals surface area contributed by atoms with Crippen molar-refractivity contribution in [3.05, 3.63) is 85.5 Å². The van der Waals surface area contributed by atoms with E-state index >= 15 is 0 Å². The SMILES string of the molecule is c1ccc2c(c1)ncc1ccn(On3ccc4cnc5ccccc5c43)c12. The molecule has 27 heavy (non-hydrogen) atoms. The first-order valence-electron chi connectivity index (χ1n) is 8.77. The molecular weight excluding hydrogens is 336 g/mol. The van der Waals surface area contributed by atoms with Crippen molar-refractivity contribution < 1.29 is 4.94 Å². The Balaban J connectivity index is 1.60. The summed E-state index contributed by atoms with van der Waals surface area (Å²) in [7, 11) is 0. The van der Waals surface area contributed by atoms with Gasteiger partial charge in [-0.05, 0) is 24.3 Å². The molecule has 6 aromatic rings. The normalized spacial score (nSPS) is 11.7. The molecule has 2 aromatic carbocycles. The highest BCUT2D eigenvalue weighted by atomic mass is 16.8. The molecule has 0 radical (unpaired) electrons. The van der Waals surface area contributed by atoms with Gasteiger partial charge in [0.2, 0.25) is 0 Å². The van der Waals surface area contributed by atoms with Crippen LogP contribution in [0.5, 0.6) is 0 Å². The Morgan fingerprint density at radius 3 is 1.59 bits per heavy atom. The zero-order valence-corrected chi connectivity index (χ0v) is 14.3. The molecule has 0 atom stereocenters. The highest BCUT2D eigenvalue weighted by Gasteiger charge is 2.11. The van der Waals surface area contributed by atoms with Crippen LogP contribution in [0.4, 0.5) is 0 Å². The minimum atomic E-state index is 0.945. The molecular formula is C22H14N4O. The maximum atomic E-state index is 6.28. The number of pyridine rings is 2. The topological polar surface area (TPSA) is 44.9 Å². The molecule has 5 nitrogen and oxygen atoms in total. The lowest BCUT2D eigenvalue weighted by Crippen LogP contribution is -2.16. The first-order chi connectivity index (χ1) is 13.4. The van der Waals surface area contributed by atoms with Crippen LogP contribution in [-0.2, 0) is 0 Å². The number of rotatable bonds is 2. The summed E-state index contributed by atoms with van der Waals surface area (Å²) in [5.74, 6) is 0. The lowest BCUT2D eigenvalue weighted by atomic mass is 10.2. The van der Waals surface area contributed by atoms with Crippen LogP contribution in [0.2, 0.25) is 0 Å². The van der Waals surface area contributed by atoms with Gasteiger partial charge in [-0.3, -0.25) is 14.9 Å². The molecule has 4 heterocycles. The standard InChI is InChI=1S/C22H14N4O/c1-3-7-19-17(5-1)21-15(13-23-19)9-11-25(21)27-26-12-10-16-14-24-20-8-4-2-6-18(20)22(16)26/h1-14H. The van der Waals surface area contributed by atoms with Gasteiger partial charge < -0.3 is 0 Å². The van der Waals surface area contributed by atoms with Crippen LogP contribution in [0.15, 0.2) is 85.5 Å². The van der Waals surface area contributed by atoms with Gasteiger partial charge in [-0.15, -0.1) is 0 Å². The lowest BCUT2D eigenvalue weighted by molar-refractivity contribution is 0.0527. The quantitative estimate of drug-likeness (QED) is 0.459. The van der Waals surface area contributed by atoms with Crippen LogP contribution in [0.1, 0.15) is 0 Å². The molecule has 5 heteroatoms. The highest BCUT2D eigenvalue weighted by molar-refractivity contribution is 6.04. The van der Waals surface area contributed by atoms with Gasteiger partial charge in [-0.2, -0.15) is 9.46 Å². The van der Waals surface area contributed by atoms with Gasteiger partial charge in [0.05, 0.1) is 11.0 Å². The van der Waals surface area contributed by atoms with Crippen molar-refractivity contribution in [3.63, 3.8) is 0 Å². The monoisotopic (exact) mass is 350 g/mol. The lowest BCUT2D eigenvalue weighted by Gasteiger charge is -2.11. The largest absolute Gasteiger partial charge is 0.282 e. The molecule has 0 unspecified atom stereocenters. The van der Waals surface area contributed by atoms with E-state index in [0.717, 1.165) is 43.6 Å². The van der Waals surface area contributed by atoms with Crippen molar-refractivity contribution in [1.82, 2.24) is 19.4 Å². The van der Waals surface area contributed by atoms with Gasteiger partial charge in [0.15, 0.2) is 0 Å². The second-order valence-electron chi connectivity index (χ2n) is 6.52. The summed E-state index contributed by atoms with van der Waals surface area (Å²) < 4.78 is 3.60. The van der Waals surface area contributed by atoms with Crippen molar-refractivity contribution in [2.24, 2.45) is 0 Å². The summed E-state index contributed by atoms with van der Waals surface area (Å²) in [6, 6.07) is 20.2. The summed E-state index contributed by atoms with van der Waals surface area (Å²) in [6.07, 6.45) is 7.61. The minimum absolute atomic E-state index is 0.945. The Bertz CT molecular complexity index is 1350. The molecule has 0 bridgehead atoms. The Morgan fingerprint density at radius 1 is 0.593 bits per heavy atom. The third kappa shape index (κ3) is 2.05. The van der Waals surface area contributed by atoms with Crippen molar-refractivity contribution in [2.45, 2.75) is 0 Å². The fourth-order valence-corrected chi connectivity index (χ4v) is 3.70. The number of hydrogen-bond donors (Lipinski definition) is 0. The Kier molecular flexibility index (Phi) is 2.82. The molecule has 0 saturated carbocycles. The molecule has 0 aliphatic heterocycles. The maximum Gasteiger partial charge on any atom is 0.101 e. The molecule has 0 aliphatic rings. The summed E-state index contributed by atoms with van der Waals surface area (Å²) in [5, 5.41) is 4.19. The van der Waals surface area contributed by atoms with E-state index < -0.39 is 0 Å². The second-order valence-corrected chi connectivity index (χ2v) is 6.52. The van der Waals surface area contributed by atoms with E-state index in [1.807, 2.05) is 73.3 Å². The summed E-state index contributed by atoms with van der Waals surface area (Å²) in [5.41, 5.74) is 3.89. The summed E-state index contributed by atoms with van der Waals surface area (Å²) in [6.45, 7) is 0. The summed E-state index contributed by atoms with van der Waals surface area (Å²) in [4.78, 5) is 15.3. The van der Waals surface area contributed by atoms with E-state index in [1.165, 1.54) is 0 Å². The minimum Gasteiger partial charge on any atom is -0.282 e. The van der Waals surface area contributed by atoms with Crippen molar-refractivity contribution in [3.8, 4) is 0 Å². The smallest absolute Gasteiger partial charge is 0.101 e. The van der Waals surface area contributed by atoms with Gasteiger partial charge in [0, 0.05) is 46.3 Å². The number of benzene rings is 2. The van der Waals surface area contributed by atoms with Gasteiger partial charge in [-0.1, -0.05) is 36.4 Å². The number of aromatic nitrogens is 4. The number of hydrogen-bond acceptors (Lipinski definition) is 3. The van der Waals surface area contributed by atoms with Crippen LogP contribution < -0.4 is 4.94 Å². The van der Waals surface area contributed by atoms with E-state index in [9.17, 15) is 0 Å². The Hall–Kier alpha value is -3.86. The molecule has 0 fully saturated rings. The molecule has 6 rings (SSSR count). The van der Waals surface area contributed by atoms with Crippen molar-refractivity contribution in [2.75, 3.05) is 0 Å². The molecule has 128 valence electrons. The average Bonchev–Trinajstić information content (AvgIpc) is 3.33. The van der Waals surface area contributed by atoms with Gasteiger partial charge in [0.1, 0.15) is 11.0 Å². The third-order valence-electron chi connectivity index (χ3n) is 4.95. The summed E-state index contributed by atoms with van der Waals surface area (Å²) >= 11 is 0. The zero-order valence-electron chi connectivity index (χ0n) is 14.3. The first-order valence-corrected chi connectivity index (χ1v) is 8.77. The average molecular weight is 350 g/mol. The first kappa shape index (κ1) is 14.3. The van der Waals surface area contributed by atoms with Gasteiger partial charge in [-0.25, -0.2) is 0 Å². The van der Waals surface area contributed by atoms with Gasteiger partial charge >= 0.3 is 0 Å². The predicted octanol–water partition coefficient (Wildman–Crippen LogP) is 4.58. The van der Waals surface area contributed by atoms with E-state index in [-0.39, 0.29) is 0 Å². The Labute approximate surface area is 154 Å². The zero-order chi connectivity index (χ0) is 17.8.